The minimum absolute atomic E-state index is 0.192. The lowest BCUT2D eigenvalue weighted by Gasteiger charge is -2.15. The smallest absolute Gasteiger partial charge is 0.243 e. The van der Waals surface area contributed by atoms with E-state index in [9.17, 15) is 8.42 Å². The zero-order valence-electron chi connectivity index (χ0n) is 9.71. The van der Waals surface area contributed by atoms with Crippen LogP contribution in [-0.2, 0) is 16.6 Å². The third kappa shape index (κ3) is 2.75. The van der Waals surface area contributed by atoms with Crippen molar-refractivity contribution >= 4 is 21.6 Å². The van der Waals surface area contributed by atoms with E-state index >= 15 is 0 Å². The lowest BCUT2D eigenvalue weighted by molar-refractivity contribution is 0.406. The summed E-state index contributed by atoms with van der Waals surface area (Å²) in [4.78, 5) is 0.209. The molecule has 1 heterocycles. The Morgan fingerprint density at radius 2 is 1.89 bits per heavy atom. The molecule has 0 aliphatic rings. The molecular weight excluding hydrogens is 274 g/mol. The van der Waals surface area contributed by atoms with Gasteiger partial charge in [0.25, 0.3) is 0 Å². The molecular formula is C12H12ClNO3S. The quantitative estimate of drug-likeness (QED) is 0.868. The van der Waals surface area contributed by atoms with Crippen LogP contribution in [0.4, 0.5) is 0 Å². The monoisotopic (exact) mass is 285 g/mol. The van der Waals surface area contributed by atoms with Crippen molar-refractivity contribution in [1.82, 2.24) is 4.31 Å². The van der Waals surface area contributed by atoms with Crippen molar-refractivity contribution < 1.29 is 12.8 Å². The Kier molecular flexibility index (Phi) is 3.75. The molecule has 0 N–H and O–H groups in total. The van der Waals surface area contributed by atoms with Crippen LogP contribution < -0.4 is 0 Å². The van der Waals surface area contributed by atoms with E-state index in [4.69, 9.17) is 16.0 Å². The summed E-state index contributed by atoms with van der Waals surface area (Å²) in [7, 11) is -2.01. The first-order chi connectivity index (χ1) is 8.50. The number of hydrogen-bond donors (Lipinski definition) is 0. The Bertz CT molecular complexity index is 605. The zero-order chi connectivity index (χ0) is 13.2. The average molecular weight is 286 g/mol. The SMILES string of the molecule is CN(Cc1ccco1)S(=O)(=O)c1ccc(Cl)cc1. The van der Waals surface area contributed by atoms with Gasteiger partial charge < -0.3 is 4.42 Å². The Labute approximate surface area is 111 Å². The van der Waals surface area contributed by atoms with Crippen LogP contribution in [0.25, 0.3) is 0 Å². The summed E-state index contributed by atoms with van der Waals surface area (Å²) in [5.74, 6) is 0.593. The first-order valence-corrected chi connectivity index (χ1v) is 7.06. The maximum Gasteiger partial charge on any atom is 0.243 e. The lowest BCUT2D eigenvalue weighted by atomic mass is 10.4. The fraction of sp³-hybridized carbons (Fsp3) is 0.167. The molecule has 18 heavy (non-hydrogen) atoms. The summed E-state index contributed by atoms with van der Waals surface area (Å²) in [5.41, 5.74) is 0. The second-order valence-corrected chi connectivity index (χ2v) is 6.28. The Morgan fingerprint density at radius 3 is 2.44 bits per heavy atom. The van der Waals surface area contributed by atoms with Crippen molar-refractivity contribution in [2.24, 2.45) is 0 Å². The highest BCUT2D eigenvalue weighted by Gasteiger charge is 2.21. The van der Waals surface area contributed by atoms with Crippen molar-refractivity contribution in [2.45, 2.75) is 11.4 Å². The van der Waals surface area contributed by atoms with Crippen molar-refractivity contribution in [3.05, 3.63) is 53.4 Å². The van der Waals surface area contributed by atoms with Gasteiger partial charge >= 0.3 is 0 Å². The average Bonchev–Trinajstić information content (AvgIpc) is 2.82. The van der Waals surface area contributed by atoms with E-state index in [1.807, 2.05) is 0 Å². The third-order valence-electron chi connectivity index (χ3n) is 2.48. The molecule has 0 atom stereocenters. The number of furan rings is 1. The van der Waals surface area contributed by atoms with Gasteiger partial charge in [-0.25, -0.2) is 8.42 Å². The summed E-state index contributed by atoms with van der Waals surface area (Å²) < 4.78 is 30.8. The summed E-state index contributed by atoms with van der Waals surface area (Å²) in [6.45, 7) is 0.192. The van der Waals surface area contributed by atoms with Crippen LogP contribution in [-0.4, -0.2) is 19.8 Å². The summed E-state index contributed by atoms with van der Waals surface area (Å²) in [6.07, 6.45) is 1.51. The van der Waals surface area contributed by atoms with Crippen molar-refractivity contribution in [3.8, 4) is 0 Å². The molecule has 0 amide bonds. The summed E-state index contributed by atoms with van der Waals surface area (Å²) in [6, 6.07) is 9.52. The predicted octanol–water partition coefficient (Wildman–Crippen LogP) is 2.75. The van der Waals surface area contributed by atoms with E-state index in [0.717, 1.165) is 0 Å². The van der Waals surface area contributed by atoms with Gasteiger partial charge in [0.2, 0.25) is 10.0 Å². The van der Waals surface area contributed by atoms with Crippen LogP contribution in [0.5, 0.6) is 0 Å². The van der Waals surface area contributed by atoms with Crippen LogP contribution >= 0.6 is 11.6 Å². The molecule has 96 valence electrons. The van der Waals surface area contributed by atoms with Gasteiger partial charge in [0.1, 0.15) is 5.76 Å². The Hall–Kier alpha value is -1.30. The number of halogens is 1. The second kappa shape index (κ2) is 5.14. The van der Waals surface area contributed by atoms with Gasteiger partial charge in [0, 0.05) is 12.1 Å². The molecule has 2 aromatic rings. The normalized spacial score (nSPS) is 11.9. The lowest BCUT2D eigenvalue weighted by Crippen LogP contribution is -2.26. The molecule has 2 rings (SSSR count). The maximum atomic E-state index is 12.2. The van der Waals surface area contributed by atoms with Crippen LogP contribution in [0.3, 0.4) is 0 Å². The minimum Gasteiger partial charge on any atom is -0.468 e. The van der Waals surface area contributed by atoms with Gasteiger partial charge in [0.15, 0.2) is 0 Å². The molecule has 1 aromatic carbocycles. The van der Waals surface area contributed by atoms with Crippen LogP contribution in [0.15, 0.2) is 52.0 Å². The number of benzene rings is 1. The number of rotatable bonds is 4. The summed E-state index contributed by atoms with van der Waals surface area (Å²) in [5, 5.41) is 0.502. The van der Waals surface area contributed by atoms with E-state index in [1.54, 1.807) is 24.3 Å². The first kappa shape index (κ1) is 13.1. The van der Waals surface area contributed by atoms with Gasteiger partial charge in [-0.3, -0.25) is 0 Å². The molecule has 0 aliphatic carbocycles. The minimum atomic E-state index is -3.52. The molecule has 6 heteroatoms. The number of sulfonamides is 1. The second-order valence-electron chi connectivity index (χ2n) is 3.79. The molecule has 0 aliphatic heterocycles. The van der Waals surface area contributed by atoms with E-state index in [2.05, 4.69) is 0 Å². The van der Waals surface area contributed by atoms with Gasteiger partial charge in [-0.2, -0.15) is 4.31 Å². The number of hydrogen-bond acceptors (Lipinski definition) is 3. The van der Waals surface area contributed by atoms with Crippen molar-refractivity contribution in [1.29, 1.82) is 0 Å². The van der Waals surface area contributed by atoms with Crippen LogP contribution in [0, 0.1) is 0 Å². The van der Waals surface area contributed by atoms with E-state index in [1.165, 1.54) is 29.7 Å². The molecule has 4 nitrogen and oxygen atoms in total. The van der Waals surface area contributed by atoms with Crippen molar-refractivity contribution in [2.75, 3.05) is 7.05 Å². The van der Waals surface area contributed by atoms with Crippen LogP contribution in [0.2, 0.25) is 5.02 Å². The molecule has 0 saturated heterocycles. The topological polar surface area (TPSA) is 50.5 Å². The van der Waals surface area contributed by atoms with Crippen LogP contribution in [0.1, 0.15) is 5.76 Å². The highest BCUT2D eigenvalue weighted by atomic mass is 35.5. The maximum absolute atomic E-state index is 12.2. The van der Waals surface area contributed by atoms with Gasteiger partial charge in [-0.1, -0.05) is 11.6 Å². The molecule has 0 unspecified atom stereocenters. The van der Waals surface area contributed by atoms with Gasteiger partial charge in [-0.05, 0) is 36.4 Å². The van der Waals surface area contributed by atoms with E-state index < -0.39 is 10.0 Å². The third-order valence-corrected chi connectivity index (χ3v) is 4.55. The molecule has 0 saturated carbocycles. The number of nitrogens with zero attached hydrogens (tertiary/aromatic N) is 1. The Morgan fingerprint density at radius 1 is 1.22 bits per heavy atom. The predicted molar refractivity (Wildman–Crippen MR) is 68.8 cm³/mol. The zero-order valence-corrected chi connectivity index (χ0v) is 11.3. The van der Waals surface area contributed by atoms with Gasteiger partial charge in [-0.15, -0.1) is 0 Å². The fourth-order valence-electron chi connectivity index (χ4n) is 1.49. The standard InChI is InChI=1S/C12H12ClNO3S/c1-14(9-11-3-2-8-17-11)18(15,16)12-6-4-10(13)5-7-12/h2-8H,9H2,1H3. The highest BCUT2D eigenvalue weighted by Crippen LogP contribution is 2.19. The molecule has 1 aromatic heterocycles. The molecule has 0 spiro atoms. The van der Waals surface area contributed by atoms with E-state index in [0.29, 0.717) is 10.8 Å². The van der Waals surface area contributed by atoms with Crippen molar-refractivity contribution in [3.63, 3.8) is 0 Å². The molecule has 0 radical (unpaired) electrons. The highest BCUT2D eigenvalue weighted by molar-refractivity contribution is 7.89. The van der Waals surface area contributed by atoms with E-state index in [-0.39, 0.29) is 11.4 Å². The first-order valence-electron chi connectivity index (χ1n) is 5.24. The fourth-order valence-corrected chi connectivity index (χ4v) is 2.76. The summed E-state index contributed by atoms with van der Waals surface area (Å²) >= 11 is 5.73. The van der Waals surface area contributed by atoms with Gasteiger partial charge in [0.05, 0.1) is 17.7 Å². The molecule has 0 bridgehead atoms. The molecule has 0 fully saturated rings. The largest absolute Gasteiger partial charge is 0.468 e. The Balaban J connectivity index is 2.22.